The van der Waals surface area contributed by atoms with E-state index in [2.05, 4.69) is 10.2 Å². The monoisotopic (exact) mass is 306 g/mol. The third-order valence-corrected chi connectivity index (χ3v) is 4.44. The van der Waals surface area contributed by atoms with Gasteiger partial charge in [-0.1, -0.05) is 71.4 Å². The number of hydrogen-bond acceptors (Lipinski definition) is 3. The molecule has 0 saturated carbocycles. The first-order chi connectivity index (χ1) is 9.25. The van der Waals surface area contributed by atoms with Crippen LogP contribution in [0.5, 0.6) is 0 Å². The predicted octanol–water partition coefficient (Wildman–Crippen LogP) is 5.09. The van der Waals surface area contributed by atoms with E-state index in [1.807, 2.05) is 48.5 Å². The van der Waals surface area contributed by atoms with Crippen LogP contribution in [0.15, 0.2) is 58.5 Å². The lowest BCUT2D eigenvalue weighted by molar-refractivity contribution is 0.956. The van der Waals surface area contributed by atoms with Crippen LogP contribution in [0.1, 0.15) is 0 Å². The van der Waals surface area contributed by atoms with Crippen molar-refractivity contribution in [2.75, 3.05) is 0 Å². The minimum atomic E-state index is 0.416. The zero-order valence-electron chi connectivity index (χ0n) is 9.68. The highest BCUT2D eigenvalue weighted by atomic mass is 35.5. The first-order valence-electron chi connectivity index (χ1n) is 5.59. The summed E-state index contributed by atoms with van der Waals surface area (Å²) in [5.41, 5.74) is 0. The van der Waals surface area contributed by atoms with Crippen molar-refractivity contribution in [3.63, 3.8) is 0 Å². The Kier molecular flexibility index (Phi) is 3.60. The van der Waals surface area contributed by atoms with Crippen LogP contribution in [0.2, 0.25) is 10.2 Å². The Morgan fingerprint density at radius 3 is 2.26 bits per heavy atom. The number of halogens is 2. The van der Waals surface area contributed by atoms with Crippen molar-refractivity contribution >= 4 is 45.7 Å². The highest BCUT2D eigenvalue weighted by Gasteiger charge is 2.10. The van der Waals surface area contributed by atoms with Crippen LogP contribution in [0, 0.1) is 0 Å². The van der Waals surface area contributed by atoms with E-state index < -0.39 is 0 Å². The van der Waals surface area contributed by atoms with Gasteiger partial charge in [-0.2, -0.15) is 0 Å². The SMILES string of the molecule is Clc1ccccc1Sc1nnc(Cl)c2ccccc12. The van der Waals surface area contributed by atoms with Gasteiger partial charge in [-0.05, 0) is 12.1 Å². The van der Waals surface area contributed by atoms with Crippen LogP contribution in [0.4, 0.5) is 0 Å². The molecule has 2 aromatic carbocycles. The van der Waals surface area contributed by atoms with Crippen LogP contribution >= 0.6 is 35.0 Å². The number of benzene rings is 2. The molecule has 94 valence electrons. The lowest BCUT2D eigenvalue weighted by atomic mass is 10.2. The van der Waals surface area contributed by atoms with Gasteiger partial charge in [0.05, 0.1) is 5.02 Å². The lowest BCUT2D eigenvalue weighted by Gasteiger charge is -2.06. The fraction of sp³-hybridized carbons (Fsp3) is 0. The molecule has 1 heterocycles. The Morgan fingerprint density at radius 1 is 0.789 bits per heavy atom. The molecule has 19 heavy (non-hydrogen) atoms. The van der Waals surface area contributed by atoms with E-state index in [4.69, 9.17) is 23.2 Å². The van der Waals surface area contributed by atoms with Gasteiger partial charge in [-0.15, -0.1) is 10.2 Å². The highest BCUT2D eigenvalue weighted by molar-refractivity contribution is 7.99. The molecule has 0 aliphatic heterocycles. The maximum Gasteiger partial charge on any atom is 0.159 e. The summed E-state index contributed by atoms with van der Waals surface area (Å²) >= 11 is 13.7. The second-order valence-corrected chi connectivity index (χ2v) is 5.67. The van der Waals surface area contributed by atoms with Crippen molar-refractivity contribution in [2.45, 2.75) is 9.92 Å². The first kappa shape index (κ1) is 12.7. The summed E-state index contributed by atoms with van der Waals surface area (Å²) in [4.78, 5) is 0.950. The summed E-state index contributed by atoms with van der Waals surface area (Å²) in [6.45, 7) is 0. The molecule has 0 N–H and O–H groups in total. The molecular weight excluding hydrogens is 299 g/mol. The van der Waals surface area contributed by atoms with Crippen molar-refractivity contribution in [3.8, 4) is 0 Å². The number of fused-ring (bicyclic) bond motifs is 1. The largest absolute Gasteiger partial charge is 0.159 e. The van der Waals surface area contributed by atoms with E-state index in [1.165, 1.54) is 11.8 Å². The zero-order chi connectivity index (χ0) is 13.2. The number of rotatable bonds is 2. The van der Waals surface area contributed by atoms with E-state index >= 15 is 0 Å². The number of hydrogen-bond donors (Lipinski definition) is 0. The second kappa shape index (κ2) is 5.37. The topological polar surface area (TPSA) is 25.8 Å². The average molecular weight is 307 g/mol. The molecule has 0 bridgehead atoms. The van der Waals surface area contributed by atoms with E-state index in [0.717, 1.165) is 20.7 Å². The molecular formula is C14H8Cl2N2S. The quantitative estimate of drug-likeness (QED) is 0.659. The van der Waals surface area contributed by atoms with Crippen LogP contribution in [0.25, 0.3) is 10.8 Å². The van der Waals surface area contributed by atoms with Gasteiger partial charge in [0, 0.05) is 15.7 Å². The minimum Gasteiger partial charge on any atom is -0.142 e. The summed E-state index contributed by atoms with van der Waals surface area (Å²) in [6, 6.07) is 15.5. The molecule has 0 fully saturated rings. The highest BCUT2D eigenvalue weighted by Crippen LogP contribution is 2.36. The third kappa shape index (κ3) is 2.54. The molecule has 0 aliphatic carbocycles. The Labute approximate surface area is 124 Å². The van der Waals surface area contributed by atoms with Gasteiger partial charge in [0.2, 0.25) is 0 Å². The zero-order valence-corrected chi connectivity index (χ0v) is 12.0. The summed E-state index contributed by atoms with van der Waals surface area (Å²) in [5, 5.41) is 11.9. The normalized spacial score (nSPS) is 10.8. The van der Waals surface area contributed by atoms with Gasteiger partial charge in [0.15, 0.2) is 5.15 Å². The maximum atomic E-state index is 6.16. The fourth-order valence-electron chi connectivity index (χ4n) is 1.75. The lowest BCUT2D eigenvalue weighted by Crippen LogP contribution is -1.89. The molecule has 2 nitrogen and oxygen atoms in total. The van der Waals surface area contributed by atoms with E-state index in [0.29, 0.717) is 10.2 Å². The second-order valence-electron chi connectivity index (χ2n) is 3.87. The van der Waals surface area contributed by atoms with Crippen LogP contribution < -0.4 is 0 Å². The van der Waals surface area contributed by atoms with Gasteiger partial charge in [0.1, 0.15) is 5.03 Å². The van der Waals surface area contributed by atoms with Crippen LogP contribution in [0.3, 0.4) is 0 Å². The van der Waals surface area contributed by atoms with Gasteiger partial charge in [-0.25, -0.2) is 0 Å². The van der Waals surface area contributed by atoms with Gasteiger partial charge < -0.3 is 0 Å². The first-order valence-corrected chi connectivity index (χ1v) is 7.16. The Hall–Kier alpha value is -1.29. The smallest absolute Gasteiger partial charge is 0.142 e. The van der Waals surface area contributed by atoms with Crippen LogP contribution in [-0.4, -0.2) is 10.2 Å². The third-order valence-electron chi connectivity index (χ3n) is 2.65. The summed E-state index contributed by atoms with van der Waals surface area (Å²) in [6.07, 6.45) is 0. The molecule has 5 heteroatoms. The van der Waals surface area contributed by atoms with E-state index in [1.54, 1.807) is 0 Å². The standard InChI is InChI=1S/C14H8Cl2N2S/c15-11-7-3-4-8-12(11)19-14-10-6-2-1-5-9(10)13(16)17-18-14/h1-8H. The molecule has 0 spiro atoms. The molecule has 0 saturated heterocycles. The summed E-state index contributed by atoms with van der Waals surface area (Å²) < 4.78 is 0. The van der Waals surface area contributed by atoms with Crippen molar-refractivity contribution in [1.29, 1.82) is 0 Å². The number of aromatic nitrogens is 2. The van der Waals surface area contributed by atoms with Crippen molar-refractivity contribution in [2.24, 2.45) is 0 Å². The Bertz CT molecular complexity index is 746. The average Bonchev–Trinajstić information content (AvgIpc) is 2.44. The molecule has 3 aromatic rings. The molecule has 0 aliphatic rings. The fourth-order valence-corrected chi connectivity index (χ4v) is 3.10. The van der Waals surface area contributed by atoms with Crippen molar-refractivity contribution < 1.29 is 0 Å². The molecule has 3 rings (SSSR count). The van der Waals surface area contributed by atoms with E-state index in [9.17, 15) is 0 Å². The maximum absolute atomic E-state index is 6.16. The Morgan fingerprint density at radius 2 is 1.47 bits per heavy atom. The van der Waals surface area contributed by atoms with Crippen molar-refractivity contribution in [1.82, 2.24) is 10.2 Å². The summed E-state index contributed by atoms with van der Waals surface area (Å²) in [7, 11) is 0. The minimum absolute atomic E-state index is 0.416. The van der Waals surface area contributed by atoms with Crippen LogP contribution in [-0.2, 0) is 0 Å². The van der Waals surface area contributed by atoms with Gasteiger partial charge in [0.25, 0.3) is 0 Å². The predicted molar refractivity (Wildman–Crippen MR) is 80.1 cm³/mol. The molecule has 0 unspecified atom stereocenters. The number of nitrogens with zero attached hydrogens (tertiary/aromatic N) is 2. The molecule has 0 atom stereocenters. The molecule has 1 aromatic heterocycles. The van der Waals surface area contributed by atoms with Gasteiger partial charge in [-0.3, -0.25) is 0 Å². The summed E-state index contributed by atoms with van der Waals surface area (Å²) in [5.74, 6) is 0. The van der Waals surface area contributed by atoms with Crippen molar-refractivity contribution in [3.05, 3.63) is 58.7 Å². The molecule has 0 amide bonds. The Balaban J connectivity index is 2.12. The molecule has 0 radical (unpaired) electrons. The van der Waals surface area contributed by atoms with Gasteiger partial charge >= 0.3 is 0 Å². The van der Waals surface area contributed by atoms with E-state index in [-0.39, 0.29) is 0 Å².